The quantitative estimate of drug-likeness (QED) is 0.854. The van der Waals surface area contributed by atoms with Gasteiger partial charge >= 0.3 is 6.18 Å². The number of nitrogens with one attached hydrogen (secondary N) is 1. The molecule has 2 rings (SSSR count). The molecular weight excluding hydrogens is 329 g/mol. The Balaban J connectivity index is 1.90. The van der Waals surface area contributed by atoms with E-state index < -0.39 is 24.5 Å². The largest absolute Gasteiger partial charge is 0.405 e. The number of likely N-dealkylation sites (tertiary alicyclic amines) is 1. The highest BCUT2D eigenvalue weighted by molar-refractivity contribution is 5.92. The van der Waals surface area contributed by atoms with Crippen LogP contribution >= 0.6 is 0 Å². The van der Waals surface area contributed by atoms with Crippen molar-refractivity contribution < 1.29 is 22.8 Å². The molecule has 0 bridgehead atoms. The van der Waals surface area contributed by atoms with Gasteiger partial charge in [0, 0.05) is 32.1 Å². The first-order chi connectivity index (χ1) is 11.2. The molecule has 24 heavy (non-hydrogen) atoms. The van der Waals surface area contributed by atoms with Gasteiger partial charge in [-0.2, -0.15) is 18.3 Å². The summed E-state index contributed by atoms with van der Waals surface area (Å²) in [4.78, 5) is 36.7. The normalized spacial score (nSPS) is 16.1. The molecule has 1 aliphatic heterocycles. The summed E-state index contributed by atoms with van der Waals surface area (Å²) in [7, 11) is 1.43. The number of nitrogens with zero attached hydrogens (tertiary/aromatic N) is 3. The van der Waals surface area contributed by atoms with E-state index in [1.54, 1.807) is 0 Å². The predicted molar refractivity (Wildman–Crippen MR) is 77.2 cm³/mol. The number of aryl methyl sites for hydroxylation is 1. The second kappa shape index (κ2) is 7.02. The molecule has 1 aliphatic rings. The number of rotatable bonds is 3. The minimum atomic E-state index is -4.44. The van der Waals surface area contributed by atoms with E-state index in [-0.39, 0.29) is 43.1 Å². The number of hydrogen-bond donors (Lipinski definition) is 1. The minimum Gasteiger partial charge on any atom is -0.347 e. The molecule has 10 heteroatoms. The summed E-state index contributed by atoms with van der Waals surface area (Å²) in [6.07, 6.45) is -3.89. The molecule has 1 N–H and O–H groups in total. The lowest BCUT2D eigenvalue weighted by Gasteiger charge is -2.31. The lowest BCUT2D eigenvalue weighted by molar-refractivity contribution is -0.141. The predicted octanol–water partition coefficient (Wildman–Crippen LogP) is 0.311. The highest BCUT2D eigenvalue weighted by Crippen LogP contribution is 2.19. The van der Waals surface area contributed by atoms with Crippen molar-refractivity contribution in [3.8, 4) is 0 Å². The zero-order valence-electron chi connectivity index (χ0n) is 13.0. The SMILES string of the molecule is Cn1nc(C(=O)N2CCC(C(=O)NCC(F)(F)F)CC2)ccc1=O. The van der Waals surface area contributed by atoms with Crippen molar-refractivity contribution in [2.45, 2.75) is 19.0 Å². The number of alkyl halides is 3. The maximum atomic E-state index is 12.3. The van der Waals surface area contributed by atoms with Crippen molar-refractivity contribution in [1.82, 2.24) is 20.0 Å². The molecule has 0 aromatic carbocycles. The molecule has 132 valence electrons. The Morgan fingerprint density at radius 1 is 1.29 bits per heavy atom. The Morgan fingerprint density at radius 2 is 1.92 bits per heavy atom. The van der Waals surface area contributed by atoms with Gasteiger partial charge in [-0.1, -0.05) is 0 Å². The standard InChI is InChI=1S/C14H17F3N4O3/c1-20-11(22)3-2-10(19-20)13(24)21-6-4-9(5-7-21)12(23)18-8-14(15,16)17/h2-3,9H,4-8H2,1H3,(H,18,23). The van der Waals surface area contributed by atoms with Gasteiger partial charge < -0.3 is 10.2 Å². The summed E-state index contributed by atoms with van der Waals surface area (Å²) >= 11 is 0. The number of amides is 2. The molecule has 0 saturated carbocycles. The topological polar surface area (TPSA) is 84.3 Å². The first-order valence-electron chi connectivity index (χ1n) is 7.35. The summed E-state index contributed by atoms with van der Waals surface area (Å²) in [5.41, 5.74) is -0.233. The van der Waals surface area contributed by atoms with Crippen LogP contribution in [0.1, 0.15) is 23.3 Å². The number of hydrogen-bond acceptors (Lipinski definition) is 4. The van der Waals surface area contributed by atoms with E-state index in [0.29, 0.717) is 0 Å². The number of halogens is 3. The molecule has 7 nitrogen and oxygen atoms in total. The van der Waals surface area contributed by atoms with Crippen LogP contribution in [0, 0.1) is 5.92 Å². The van der Waals surface area contributed by atoms with Crippen LogP contribution in [0.2, 0.25) is 0 Å². The van der Waals surface area contributed by atoms with Crippen LogP contribution in [0.15, 0.2) is 16.9 Å². The maximum absolute atomic E-state index is 12.3. The first-order valence-corrected chi connectivity index (χ1v) is 7.35. The number of piperidine rings is 1. The van der Waals surface area contributed by atoms with Crippen molar-refractivity contribution >= 4 is 11.8 Å². The summed E-state index contributed by atoms with van der Waals surface area (Å²) in [5, 5.41) is 5.73. The van der Waals surface area contributed by atoms with Crippen molar-refractivity contribution in [3.63, 3.8) is 0 Å². The van der Waals surface area contributed by atoms with Crippen molar-refractivity contribution in [2.24, 2.45) is 13.0 Å². The van der Waals surface area contributed by atoms with E-state index in [0.717, 1.165) is 4.68 Å². The fourth-order valence-electron chi connectivity index (χ4n) is 2.45. The van der Waals surface area contributed by atoms with Gasteiger partial charge in [0.2, 0.25) is 5.91 Å². The molecular formula is C14H17F3N4O3. The Bertz CT molecular complexity index is 679. The fourth-order valence-corrected chi connectivity index (χ4v) is 2.45. The van der Waals surface area contributed by atoms with Gasteiger partial charge in [0.25, 0.3) is 11.5 Å². The van der Waals surface area contributed by atoms with Crippen LogP contribution in [0.25, 0.3) is 0 Å². The second-order valence-corrected chi connectivity index (χ2v) is 5.58. The molecule has 1 aromatic rings. The molecule has 2 heterocycles. The lowest BCUT2D eigenvalue weighted by Crippen LogP contribution is -2.45. The van der Waals surface area contributed by atoms with E-state index in [9.17, 15) is 27.6 Å². The Hall–Kier alpha value is -2.39. The maximum Gasteiger partial charge on any atom is 0.405 e. The van der Waals surface area contributed by atoms with E-state index in [4.69, 9.17) is 0 Å². The first kappa shape index (κ1) is 18.0. The van der Waals surface area contributed by atoms with Gasteiger partial charge in [-0.3, -0.25) is 14.4 Å². The fraction of sp³-hybridized carbons (Fsp3) is 0.571. The van der Waals surface area contributed by atoms with Gasteiger partial charge in [0.15, 0.2) is 0 Å². The number of carbonyl (C=O) groups is 2. The van der Waals surface area contributed by atoms with Gasteiger partial charge in [0.05, 0.1) is 0 Å². The molecule has 1 fully saturated rings. The van der Waals surface area contributed by atoms with Crippen molar-refractivity contribution in [1.29, 1.82) is 0 Å². The number of carbonyl (C=O) groups excluding carboxylic acids is 2. The van der Waals surface area contributed by atoms with Crippen LogP contribution in [-0.4, -0.2) is 52.3 Å². The van der Waals surface area contributed by atoms with Gasteiger partial charge in [-0.05, 0) is 18.9 Å². The molecule has 1 saturated heterocycles. The zero-order valence-corrected chi connectivity index (χ0v) is 13.0. The van der Waals surface area contributed by atoms with Crippen LogP contribution < -0.4 is 10.9 Å². The smallest absolute Gasteiger partial charge is 0.347 e. The Kier molecular flexibility index (Phi) is 5.25. The Morgan fingerprint density at radius 3 is 2.46 bits per heavy atom. The van der Waals surface area contributed by atoms with E-state index in [1.165, 1.54) is 24.1 Å². The molecule has 0 atom stereocenters. The summed E-state index contributed by atoms with van der Waals surface area (Å²) in [6.45, 7) is -0.867. The highest BCUT2D eigenvalue weighted by Gasteiger charge is 2.32. The molecule has 0 aliphatic carbocycles. The van der Waals surface area contributed by atoms with Crippen LogP contribution in [0.4, 0.5) is 13.2 Å². The zero-order chi connectivity index (χ0) is 17.9. The highest BCUT2D eigenvalue weighted by atomic mass is 19.4. The van der Waals surface area contributed by atoms with E-state index in [2.05, 4.69) is 5.10 Å². The summed E-state index contributed by atoms with van der Waals surface area (Å²) < 4.78 is 37.3. The third-order valence-electron chi connectivity index (χ3n) is 3.80. The van der Waals surface area contributed by atoms with Crippen molar-refractivity contribution in [2.75, 3.05) is 19.6 Å². The number of aromatic nitrogens is 2. The minimum absolute atomic E-state index is 0.108. The molecule has 0 radical (unpaired) electrons. The van der Waals surface area contributed by atoms with Crippen LogP contribution in [0.5, 0.6) is 0 Å². The average molecular weight is 346 g/mol. The monoisotopic (exact) mass is 346 g/mol. The van der Waals surface area contributed by atoms with E-state index >= 15 is 0 Å². The van der Waals surface area contributed by atoms with Gasteiger partial charge in [-0.15, -0.1) is 0 Å². The lowest BCUT2D eigenvalue weighted by atomic mass is 9.95. The summed E-state index contributed by atoms with van der Waals surface area (Å²) in [6, 6.07) is 2.56. The third-order valence-corrected chi connectivity index (χ3v) is 3.80. The van der Waals surface area contributed by atoms with Crippen LogP contribution in [-0.2, 0) is 11.8 Å². The van der Waals surface area contributed by atoms with Crippen molar-refractivity contribution in [3.05, 3.63) is 28.2 Å². The average Bonchev–Trinajstić information content (AvgIpc) is 2.54. The molecule has 0 spiro atoms. The third kappa shape index (κ3) is 4.56. The van der Waals surface area contributed by atoms with Gasteiger partial charge in [-0.25, -0.2) is 4.68 Å². The Labute approximate surface area is 135 Å². The van der Waals surface area contributed by atoms with Crippen LogP contribution in [0.3, 0.4) is 0 Å². The molecule has 1 aromatic heterocycles. The molecule has 2 amide bonds. The van der Waals surface area contributed by atoms with Gasteiger partial charge in [0.1, 0.15) is 12.2 Å². The second-order valence-electron chi connectivity index (χ2n) is 5.58. The molecule has 0 unspecified atom stereocenters. The van der Waals surface area contributed by atoms with E-state index in [1.807, 2.05) is 5.32 Å². The summed E-state index contributed by atoms with van der Waals surface area (Å²) in [5.74, 6) is -1.58.